The molecule has 0 aliphatic heterocycles. The molecule has 0 fully saturated rings. The number of methoxy groups -OCH3 is 2. The quantitative estimate of drug-likeness (QED) is 0.705. The summed E-state index contributed by atoms with van der Waals surface area (Å²) in [6.45, 7) is 1.87. The van der Waals surface area contributed by atoms with Crippen LogP contribution in [0.4, 0.5) is 0 Å². The van der Waals surface area contributed by atoms with Gasteiger partial charge in [0, 0.05) is 0 Å². The highest BCUT2D eigenvalue weighted by Crippen LogP contribution is 2.38. The zero-order valence-corrected chi connectivity index (χ0v) is 8.85. The third kappa shape index (κ3) is 2.77. The van der Waals surface area contributed by atoms with Gasteiger partial charge in [0.25, 0.3) is 0 Å². The van der Waals surface area contributed by atoms with Gasteiger partial charge in [-0.25, -0.2) is 0 Å². The molecule has 0 aliphatic carbocycles. The highest BCUT2D eigenvalue weighted by atomic mass is 16.6. The topological polar surface area (TPSA) is 68.2 Å². The minimum Gasteiger partial charge on any atom is -0.506 e. The lowest BCUT2D eigenvalue weighted by Crippen LogP contribution is -2.21. The molecule has 0 heterocycles. The van der Waals surface area contributed by atoms with Crippen molar-refractivity contribution in [3.8, 4) is 17.2 Å². The van der Waals surface area contributed by atoms with Gasteiger partial charge in [-0.15, -0.1) is 0 Å². The summed E-state index contributed by atoms with van der Waals surface area (Å²) < 4.78 is 14.9. The molecular formula is C9H13BO5. The predicted molar refractivity (Wildman–Crippen MR) is 55.1 cm³/mol. The molecule has 0 saturated heterocycles. The van der Waals surface area contributed by atoms with Gasteiger partial charge in [-0.2, -0.15) is 0 Å². The van der Waals surface area contributed by atoms with E-state index in [0.717, 1.165) is 5.56 Å². The van der Waals surface area contributed by atoms with Gasteiger partial charge >= 0.3 is 7.32 Å². The van der Waals surface area contributed by atoms with E-state index in [1.165, 1.54) is 14.2 Å². The van der Waals surface area contributed by atoms with Gasteiger partial charge in [0.1, 0.15) is 0 Å². The molecule has 6 heteroatoms. The van der Waals surface area contributed by atoms with E-state index in [4.69, 9.17) is 24.2 Å². The minimum absolute atomic E-state index is 0.167. The van der Waals surface area contributed by atoms with Crippen LogP contribution in [-0.2, 0) is 0 Å². The Balaban J connectivity index is 3.18. The van der Waals surface area contributed by atoms with Crippen molar-refractivity contribution in [2.24, 2.45) is 0 Å². The van der Waals surface area contributed by atoms with Crippen LogP contribution in [0.25, 0.3) is 0 Å². The second kappa shape index (κ2) is 4.90. The fraction of sp³-hybridized carbons (Fsp3) is 0.333. The summed E-state index contributed by atoms with van der Waals surface area (Å²) in [6.07, 6.45) is 0. The van der Waals surface area contributed by atoms with Gasteiger partial charge < -0.3 is 24.2 Å². The van der Waals surface area contributed by atoms with Gasteiger partial charge in [0.2, 0.25) is 0 Å². The first kappa shape index (κ1) is 11.7. The van der Waals surface area contributed by atoms with Gasteiger partial charge in [0.05, 0.1) is 14.2 Å². The number of benzene rings is 1. The van der Waals surface area contributed by atoms with Crippen LogP contribution in [0.5, 0.6) is 17.2 Å². The molecule has 1 aromatic carbocycles. The molecule has 0 spiro atoms. The molecule has 0 amide bonds. The van der Waals surface area contributed by atoms with Crippen LogP contribution in [0.2, 0.25) is 0 Å². The van der Waals surface area contributed by atoms with Crippen molar-refractivity contribution in [1.82, 2.24) is 0 Å². The smallest absolute Gasteiger partial charge is 0.506 e. The number of hydrogen-bond donors (Lipinski definition) is 2. The van der Waals surface area contributed by atoms with Crippen molar-refractivity contribution >= 4 is 7.32 Å². The Kier molecular flexibility index (Phi) is 3.82. The lowest BCUT2D eigenvalue weighted by atomic mass is 10.2. The largest absolute Gasteiger partial charge is 0.707 e. The maximum Gasteiger partial charge on any atom is 0.707 e. The first-order valence-electron chi connectivity index (χ1n) is 4.34. The Morgan fingerprint density at radius 1 is 1.07 bits per heavy atom. The summed E-state index contributed by atoms with van der Waals surface area (Å²) in [5, 5.41) is 17.5. The van der Waals surface area contributed by atoms with Gasteiger partial charge in [-0.1, -0.05) is 0 Å². The standard InChI is InChI=1S/C9H13BO5/c1-6-4-7(13-2)9(15-10(11)12)8(5-6)14-3/h4-5,11-12H,1-3H3. The summed E-state index contributed by atoms with van der Waals surface area (Å²) in [7, 11) is 1.02. The average molecular weight is 212 g/mol. The van der Waals surface area contributed by atoms with Crippen molar-refractivity contribution in [3.05, 3.63) is 17.7 Å². The summed E-state index contributed by atoms with van der Waals surface area (Å²) in [6, 6.07) is 3.42. The summed E-state index contributed by atoms with van der Waals surface area (Å²) in [5.41, 5.74) is 0.920. The molecule has 5 nitrogen and oxygen atoms in total. The van der Waals surface area contributed by atoms with Crippen LogP contribution in [0.3, 0.4) is 0 Å². The molecule has 0 aromatic heterocycles. The zero-order chi connectivity index (χ0) is 11.4. The fourth-order valence-electron chi connectivity index (χ4n) is 1.23. The van der Waals surface area contributed by atoms with E-state index in [0.29, 0.717) is 11.5 Å². The van der Waals surface area contributed by atoms with E-state index in [1.54, 1.807) is 12.1 Å². The molecule has 0 aliphatic rings. The minimum atomic E-state index is -1.91. The van der Waals surface area contributed by atoms with Gasteiger partial charge in [-0.3, -0.25) is 0 Å². The maximum atomic E-state index is 8.74. The molecule has 1 rings (SSSR count). The molecule has 82 valence electrons. The number of ether oxygens (including phenoxy) is 2. The maximum absolute atomic E-state index is 8.74. The fourth-order valence-corrected chi connectivity index (χ4v) is 1.23. The van der Waals surface area contributed by atoms with Crippen LogP contribution in [0.15, 0.2) is 12.1 Å². The molecule has 0 saturated carbocycles. The second-order valence-corrected chi connectivity index (χ2v) is 2.94. The first-order valence-corrected chi connectivity index (χ1v) is 4.34. The van der Waals surface area contributed by atoms with E-state index < -0.39 is 7.32 Å². The average Bonchev–Trinajstić information content (AvgIpc) is 2.19. The molecule has 0 atom stereocenters. The van der Waals surface area contributed by atoms with Gasteiger partial charge in [0.15, 0.2) is 17.2 Å². The number of rotatable bonds is 4. The van der Waals surface area contributed by atoms with E-state index in [9.17, 15) is 0 Å². The summed E-state index contributed by atoms with van der Waals surface area (Å²) in [5.74, 6) is 0.945. The van der Waals surface area contributed by atoms with E-state index >= 15 is 0 Å². The van der Waals surface area contributed by atoms with Crippen LogP contribution in [0, 0.1) is 6.92 Å². The van der Waals surface area contributed by atoms with Crippen LogP contribution < -0.4 is 14.1 Å². The van der Waals surface area contributed by atoms with Crippen LogP contribution in [0.1, 0.15) is 5.56 Å². The molecular weight excluding hydrogens is 199 g/mol. The van der Waals surface area contributed by atoms with Crippen molar-refractivity contribution in [2.75, 3.05) is 14.2 Å². The van der Waals surface area contributed by atoms with Crippen LogP contribution >= 0.6 is 0 Å². The predicted octanol–water partition coefficient (Wildman–Crippen LogP) is 0.361. The summed E-state index contributed by atoms with van der Waals surface area (Å²) in [4.78, 5) is 0. The van der Waals surface area contributed by atoms with Crippen LogP contribution in [-0.4, -0.2) is 31.6 Å². The SMILES string of the molecule is COc1cc(C)cc(OC)c1OB(O)O. The van der Waals surface area contributed by atoms with E-state index in [-0.39, 0.29) is 5.75 Å². The third-order valence-corrected chi connectivity index (χ3v) is 1.83. The molecule has 0 radical (unpaired) electrons. The lowest BCUT2D eigenvalue weighted by Gasteiger charge is -2.14. The molecule has 1 aromatic rings. The van der Waals surface area contributed by atoms with E-state index in [1.807, 2.05) is 6.92 Å². The number of aryl methyl sites for hydroxylation is 1. The van der Waals surface area contributed by atoms with Crippen molar-refractivity contribution < 1.29 is 24.2 Å². The van der Waals surface area contributed by atoms with E-state index in [2.05, 4.69) is 0 Å². The second-order valence-electron chi connectivity index (χ2n) is 2.94. The first-order chi connectivity index (χ1) is 7.08. The normalized spacial score (nSPS) is 9.67. The van der Waals surface area contributed by atoms with Crippen molar-refractivity contribution in [2.45, 2.75) is 6.92 Å². The van der Waals surface area contributed by atoms with Crippen molar-refractivity contribution in [1.29, 1.82) is 0 Å². The molecule has 0 bridgehead atoms. The number of hydrogen-bond acceptors (Lipinski definition) is 5. The lowest BCUT2D eigenvalue weighted by molar-refractivity contribution is 0.270. The zero-order valence-electron chi connectivity index (χ0n) is 8.85. The highest BCUT2D eigenvalue weighted by Gasteiger charge is 2.19. The molecule has 2 N–H and O–H groups in total. The Labute approximate surface area is 88.4 Å². The Morgan fingerprint density at radius 3 is 1.87 bits per heavy atom. The third-order valence-electron chi connectivity index (χ3n) is 1.83. The monoisotopic (exact) mass is 212 g/mol. The Morgan fingerprint density at radius 2 is 1.53 bits per heavy atom. The highest BCUT2D eigenvalue weighted by molar-refractivity contribution is 6.34. The molecule has 0 unspecified atom stereocenters. The van der Waals surface area contributed by atoms with Gasteiger partial charge in [-0.05, 0) is 24.6 Å². The Hall–Kier alpha value is -1.40. The van der Waals surface area contributed by atoms with Crippen molar-refractivity contribution in [3.63, 3.8) is 0 Å². The summed E-state index contributed by atoms with van der Waals surface area (Å²) >= 11 is 0. The Bertz CT molecular complexity index is 314. The molecule has 15 heavy (non-hydrogen) atoms.